The van der Waals surface area contributed by atoms with Crippen molar-refractivity contribution in [2.75, 3.05) is 12.3 Å². The van der Waals surface area contributed by atoms with E-state index >= 15 is 0 Å². The number of benzene rings is 1. The van der Waals surface area contributed by atoms with Crippen molar-refractivity contribution in [1.29, 1.82) is 0 Å². The maximum Gasteiger partial charge on any atom is 0.269 e. The van der Waals surface area contributed by atoms with Crippen LogP contribution >= 0.6 is 0 Å². The van der Waals surface area contributed by atoms with Crippen LogP contribution in [0.4, 0.5) is 5.69 Å². The van der Waals surface area contributed by atoms with E-state index in [1.807, 2.05) is 24.3 Å². The first-order chi connectivity index (χ1) is 10.1. The lowest BCUT2D eigenvalue weighted by atomic mass is 10.1. The van der Waals surface area contributed by atoms with E-state index in [2.05, 4.69) is 10.3 Å². The highest BCUT2D eigenvalue weighted by molar-refractivity contribution is 5.99. The Morgan fingerprint density at radius 1 is 1.38 bits per heavy atom. The van der Waals surface area contributed by atoms with Crippen LogP contribution in [0.25, 0.3) is 10.9 Å². The van der Waals surface area contributed by atoms with E-state index in [-0.39, 0.29) is 17.9 Å². The van der Waals surface area contributed by atoms with Crippen LogP contribution in [0.3, 0.4) is 0 Å². The molecule has 1 amide bonds. The van der Waals surface area contributed by atoms with Crippen LogP contribution in [0, 0.1) is 5.92 Å². The molecule has 0 radical (unpaired) electrons. The monoisotopic (exact) mass is 285 g/mol. The second-order valence-electron chi connectivity index (χ2n) is 5.58. The number of rotatable bonds is 3. The summed E-state index contributed by atoms with van der Waals surface area (Å²) in [6.07, 6.45) is 2.49. The van der Waals surface area contributed by atoms with Crippen LogP contribution in [0.1, 0.15) is 29.8 Å². The molecule has 1 aromatic carbocycles. The molecule has 5 heteroatoms. The highest BCUT2D eigenvalue weighted by Gasteiger charge is 2.25. The van der Waals surface area contributed by atoms with Gasteiger partial charge in [0.1, 0.15) is 5.69 Å². The van der Waals surface area contributed by atoms with Crippen LogP contribution in [-0.2, 0) is 0 Å². The summed E-state index contributed by atoms with van der Waals surface area (Å²) in [6.45, 7) is 0.481. The number of nitrogens with two attached hydrogens (primary N) is 1. The van der Waals surface area contributed by atoms with E-state index < -0.39 is 0 Å². The van der Waals surface area contributed by atoms with E-state index in [0.29, 0.717) is 23.4 Å². The zero-order valence-corrected chi connectivity index (χ0v) is 11.7. The highest BCUT2D eigenvalue weighted by atomic mass is 16.3. The molecule has 0 saturated heterocycles. The van der Waals surface area contributed by atoms with Gasteiger partial charge in [-0.2, -0.15) is 0 Å². The molecule has 5 nitrogen and oxygen atoms in total. The smallest absolute Gasteiger partial charge is 0.269 e. The molecule has 110 valence electrons. The lowest BCUT2D eigenvalue weighted by molar-refractivity contribution is 0.0912. The van der Waals surface area contributed by atoms with Crippen LogP contribution in [0.5, 0.6) is 0 Å². The summed E-state index contributed by atoms with van der Waals surface area (Å²) >= 11 is 0. The fourth-order valence-corrected chi connectivity index (χ4v) is 2.89. The predicted molar refractivity (Wildman–Crippen MR) is 81.8 cm³/mol. The van der Waals surface area contributed by atoms with Crippen molar-refractivity contribution in [2.45, 2.75) is 25.4 Å². The van der Waals surface area contributed by atoms with E-state index in [1.54, 1.807) is 6.07 Å². The number of fused-ring (bicyclic) bond motifs is 1. The van der Waals surface area contributed by atoms with E-state index in [9.17, 15) is 9.90 Å². The van der Waals surface area contributed by atoms with Gasteiger partial charge in [-0.05, 0) is 25.0 Å². The fourth-order valence-electron chi connectivity index (χ4n) is 2.89. The normalized spacial score (nSPS) is 21.6. The van der Waals surface area contributed by atoms with Gasteiger partial charge in [0, 0.05) is 23.5 Å². The van der Waals surface area contributed by atoms with Crippen molar-refractivity contribution < 1.29 is 9.90 Å². The van der Waals surface area contributed by atoms with Gasteiger partial charge in [-0.15, -0.1) is 0 Å². The van der Waals surface area contributed by atoms with Crippen molar-refractivity contribution >= 4 is 22.5 Å². The van der Waals surface area contributed by atoms with Gasteiger partial charge in [0.25, 0.3) is 5.91 Å². The minimum atomic E-state index is -0.306. The molecule has 1 aromatic heterocycles. The van der Waals surface area contributed by atoms with E-state index in [4.69, 9.17) is 5.73 Å². The maximum atomic E-state index is 12.2. The van der Waals surface area contributed by atoms with Crippen LogP contribution in [0.15, 0.2) is 30.3 Å². The number of hydrogen-bond donors (Lipinski definition) is 3. The fraction of sp³-hybridized carbons (Fsp3) is 0.375. The Hall–Kier alpha value is -2.14. The number of nitrogens with one attached hydrogen (secondary N) is 1. The number of amides is 1. The van der Waals surface area contributed by atoms with Gasteiger partial charge in [-0.25, -0.2) is 4.98 Å². The minimum Gasteiger partial charge on any atom is -0.398 e. The zero-order chi connectivity index (χ0) is 14.8. The summed E-state index contributed by atoms with van der Waals surface area (Å²) in [4.78, 5) is 16.5. The minimum absolute atomic E-state index is 0.145. The molecule has 0 bridgehead atoms. The molecule has 2 unspecified atom stereocenters. The van der Waals surface area contributed by atoms with Gasteiger partial charge in [-0.3, -0.25) is 4.79 Å². The standard InChI is InChI=1S/C16H19N3O2/c17-12-8-14(19-13-6-2-1-5-11(12)13)16(21)18-9-10-4-3-7-15(10)20/h1-2,5-6,8,10,15,20H,3-4,7,9H2,(H2,17,19)(H,18,21). The van der Waals surface area contributed by atoms with Gasteiger partial charge in [-0.1, -0.05) is 24.6 Å². The first-order valence-electron chi connectivity index (χ1n) is 7.26. The Balaban J connectivity index is 1.75. The number of hydrogen-bond acceptors (Lipinski definition) is 4. The van der Waals surface area contributed by atoms with Gasteiger partial charge >= 0.3 is 0 Å². The molecule has 3 rings (SSSR count). The van der Waals surface area contributed by atoms with Gasteiger partial charge in [0.2, 0.25) is 0 Å². The first kappa shape index (κ1) is 13.8. The number of aromatic nitrogens is 1. The number of nitrogens with zero attached hydrogens (tertiary/aromatic N) is 1. The molecule has 2 atom stereocenters. The van der Waals surface area contributed by atoms with Crippen molar-refractivity contribution in [2.24, 2.45) is 5.92 Å². The van der Waals surface area contributed by atoms with Crippen molar-refractivity contribution in [3.05, 3.63) is 36.0 Å². The zero-order valence-electron chi connectivity index (χ0n) is 11.7. The second-order valence-corrected chi connectivity index (χ2v) is 5.58. The Kier molecular flexibility index (Phi) is 3.75. The SMILES string of the molecule is Nc1cc(C(=O)NCC2CCCC2O)nc2ccccc12. The third-order valence-corrected chi connectivity index (χ3v) is 4.12. The Morgan fingerprint density at radius 2 is 2.19 bits per heavy atom. The summed E-state index contributed by atoms with van der Waals surface area (Å²) in [5, 5.41) is 13.5. The molecule has 1 aliphatic carbocycles. The Labute approximate surface area is 123 Å². The molecule has 0 spiro atoms. The Morgan fingerprint density at radius 3 is 2.95 bits per heavy atom. The highest BCUT2D eigenvalue weighted by Crippen LogP contribution is 2.25. The van der Waals surface area contributed by atoms with Crippen molar-refractivity contribution in [3.63, 3.8) is 0 Å². The number of nitrogen functional groups attached to an aromatic ring is 1. The summed E-state index contributed by atoms with van der Waals surface area (Å²) in [5.74, 6) is -0.0988. The molecule has 1 fully saturated rings. The van der Waals surface area contributed by atoms with Crippen molar-refractivity contribution in [1.82, 2.24) is 10.3 Å². The number of carbonyl (C=O) groups is 1. The number of aliphatic hydroxyl groups is 1. The number of aliphatic hydroxyl groups excluding tert-OH is 1. The number of anilines is 1. The summed E-state index contributed by atoms with van der Waals surface area (Å²) in [7, 11) is 0. The third kappa shape index (κ3) is 2.83. The summed E-state index contributed by atoms with van der Waals surface area (Å²) in [6, 6.07) is 9.08. The molecular weight excluding hydrogens is 266 g/mol. The number of pyridine rings is 1. The first-order valence-corrected chi connectivity index (χ1v) is 7.26. The topological polar surface area (TPSA) is 88.2 Å². The van der Waals surface area contributed by atoms with Gasteiger partial charge in [0.15, 0.2) is 0 Å². The third-order valence-electron chi connectivity index (χ3n) is 4.12. The molecule has 0 aliphatic heterocycles. The summed E-state index contributed by atoms with van der Waals surface area (Å²) in [5.41, 5.74) is 7.55. The Bertz CT molecular complexity index is 672. The van der Waals surface area contributed by atoms with Crippen LogP contribution < -0.4 is 11.1 Å². The predicted octanol–water partition coefficient (Wildman–Crippen LogP) is 1.71. The average molecular weight is 285 g/mol. The molecule has 2 aromatic rings. The molecular formula is C16H19N3O2. The lowest BCUT2D eigenvalue weighted by Crippen LogP contribution is -2.32. The molecule has 1 aliphatic rings. The van der Waals surface area contributed by atoms with E-state index in [1.165, 1.54) is 0 Å². The quantitative estimate of drug-likeness (QED) is 0.801. The van der Waals surface area contributed by atoms with Gasteiger partial charge in [0.05, 0.1) is 11.6 Å². The average Bonchev–Trinajstić information content (AvgIpc) is 2.90. The molecule has 1 heterocycles. The van der Waals surface area contributed by atoms with Crippen LogP contribution in [0.2, 0.25) is 0 Å². The largest absolute Gasteiger partial charge is 0.398 e. The number of carbonyl (C=O) groups excluding carboxylic acids is 1. The molecule has 4 N–H and O–H groups in total. The lowest BCUT2D eigenvalue weighted by Gasteiger charge is -2.15. The second kappa shape index (κ2) is 5.69. The number of para-hydroxylation sites is 1. The summed E-state index contributed by atoms with van der Waals surface area (Å²) < 4.78 is 0. The van der Waals surface area contributed by atoms with Crippen LogP contribution in [-0.4, -0.2) is 28.6 Å². The molecule has 21 heavy (non-hydrogen) atoms. The van der Waals surface area contributed by atoms with E-state index in [0.717, 1.165) is 24.6 Å². The van der Waals surface area contributed by atoms with Gasteiger partial charge < -0.3 is 16.2 Å². The maximum absolute atomic E-state index is 12.2. The molecule has 1 saturated carbocycles. The van der Waals surface area contributed by atoms with Crippen molar-refractivity contribution in [3.8, 4) is 0 Å².